The van der Waals surface area contributed by atoms with E-state index in [1.807, 2.05) is 12.1 Å². The number of hydrogen-bond acceptors (Lipinski definition) is 15. The summed E-state index contributed by atoms with van der Waals surface area (Å²) >= 11 is 0. The fourth-order valence-corrected chi connectivity index (χ4v) is 24.2. The molecule has 5 saturated heterocycles. The molecule has 5 aliphatic heterocycles. The van der Waals surface area contributed by atoms with Gasteiger partial charge in [0.15, 0.2) is 34.0 Å². The van der Waals surface area contributed by atoms with Crippen LogP contribution in [0.5, 0.6) is 28.7 Å². The number of methoxy groups -OCH3 is 5. The number of benzene rings is 10. The molecule has 5 atom stereocenters. The standard InChI is InChI=1S/C25H36NO2P.C22H30NO2P.2C21H28NO2P.C20H26NO2P/c1-19-15-21(25(2,3)4)24(28-18-27-5)23(16-19)29-22-12-8-7-11-20(22)17-26-13-9-6-10-14-26;1-17-13-18(2)22(25-16-24-3)21(14-17)26-20-10-6-5-9-19(20)15-23-11-7-4-8-12-23;1-17-9-8-12-20(21(17)24-16-23-2)25-19-11-5-4-10-18(19)15-22-13-6-3-7-14-22;1-17-10-11-19(24-16-23-2)21(14-17)25-20-9-5-4-8-18(20)15-22-12-6-3-7-13-22;1-22-16-23-18-10-4-6-12-20(18)24-19-11-5-3-9-17(19)15-21-13-7-2-8-14-21/h7-8,11-12,15-16,29H,6,9-10,13-14,17-18H2,1-5H3;5-6,9-10,13-14,26H,4,7-8,11-12,15-16H2,1-3H3;4-5,8-12,25H,3,6-7,13-16H2,1-2H3;4-5,8-11,14,25H,3,6-7,12-13,15-16H2,1-2H3;3-6,9-12,24H,2,7-8,13-16H2,1H3. The highest BCUT2D eigenvalue weighted by atomic mass is 31.1. The molecule has 0 N–H and O–H groups in total. The fraction of sp³-hybridized carbons (Fsp3) is 0.450. The minimum absolute atomic E-state index is 0.0155. The molecule has 10 aromatic carbocycles. The lowest BCUT2D eigenvalue weighted by atomic mass is 9.85. The fourth-order valence-electron chi connectivity index (χ4n) is 17.3. The molecule has 5 aliphatic rings. The van der Waals surface area contributed by atoms with Crippen molar-refractivity contribution in [2.75, 3.05) is 135 Å². The van der Waals surface area contributed by atoms with Crippen LogP contribution < -0.4 is 76.7 Å². The lowest BCUT2D eigenvalue weighted by Crippen LogP contribution is -2.30. The van der Waals surface area contributed by atoms with E-state index in [-0.39, 0.29) is 39.4 Å². The zero-order valence-corrected chi connectivity index (χ0v) is 84.7. The first-order valence-electron chi connectivity index (χ1n) is 47.0. The minimum Gasteiger partial charge on any atom is -0.467 e. The summed E-state index contributed by atoms with van der Waals surface area (Å²) in [6.45, 7) is 36.4. The SMILES string of the molecule is COCOc1c(C)cc(C)cc1Pc1ccccc1CN1CCCCC1.COCOc1c(C)cccc1Pc1ccccc1CN1CCCCC1.COCOc1c(Pc2ccccc2CN2CCCCC2)cc(C)cc1C(C)(C)C.COCOc1ccc(C)cc1Pc1ccccc1CN1CCCCC1.COCOc1ccccc1Pc1ccccc1CN1CCCCC1. The number of hydrogen-bond donors (Lipinski definition) is 0. The maximum atomic E-state index is 6.14. The Kier molecular flexibility index (Phi) is 44.6. The van der Waals surface area contributed by atoms with Crippen LogP contribution in [0.2, 0.25) is 0 Å². The maximum Gasteiger partial charge on any atom is 0.188 e. The van der Waals surface area contributed by atoms with Gasteiger partial charge in [0.1, 0.15) is 28.7 Å². The van der Waals surface area contributed by atoms with E-state index in [2.05, 4.69) is 274 Å². The Morgan fingerprint density at radius 1 is 0.240 bits per heavy atom. The molecule has 5 fully saturated rings. The first-order valence-corrected chi connectivity index (χ1v) is 52.0. The van der Waals surface area contributed by atoms with E-state index in [4.69, 9.17) is 47.4 Å². The predicted octanol–water partition coefficient (Wildman–Crippen LogP) is 19.3. The van der Waals surface area contributed by atoms with Crippen molar-refractivity contribution in [3.8, 4) is 28.7 Å². The quantitative estimate of drug-likeness (QED) is 0.0278. The first-order chi connectivity index (χ1) is 62.9. The number of aryl methyl sites for hydroxylation is 5. The lowest BCUT2D eigenvalue weighted by Gasteiger charge is -2.28. The third kappa shape index (κ3) is 34.1. The van der Waals surface area contributed by atoms with Gasteiger partial charge < -0.3 is 47.4 Å². The molecule has 0 saturated carbocycles. The third-order valence-electron chi connectivity index (χ3n) is 24.0. The van der Waals surface area contributed by atoms with Gasteiger partial charge in [0.05, 0.1) is 0 Å². The average molecular weight is 1840 g/mol. The number of rotatable bonds is 35. The Balaban J connectivity index is 0.000000156. The second-order valence-corrected chi connectivity index (χ2v) is 42.3. The molecule has 20 heteroatoms. The Bertz CT molecular complexity index is 4900. The highest BCUT2D eigenvalue weighted by Gasteiger charge is 2.26. The summed E-state index contributed by atoms with van der Waals surface area (Å²) in [5.41, 5.74) is 14.7. The molecule has 0 aromatic heterocycles. The van der Waals surface area contributed by atoms with Gasteiger partial charge in [-0.05, 0) is 277 Å². The van der Waals surface area contributed by atoms with Crippen LogP contribution in [0.15, 0.2) is 206 Å². The van der Waals surface area contributed by atoms with Gasteiger partial charge >= 0.3 is 0 Å². The van der Waals surface area contributed by atoms with Gasteiger partial charge in [0.2, 0.25) is 0 Å². The minimum atomic E-state index is 0.0155. The van der Waals surface area contributed by atoms with Crippen molar-refractivity contribution in [3.63, 3.8) is 0 Å². The largest absolute Gasteiger partial charge is 0.467 e. The van der Waals surface area contributed by atoms with Crippen LogP contribution >= 0.6 is 42.9 Å². The molecule has 694 valence electrons. The van der Waals surface area contributed by atoms with Gasteiger partial charge in [-0.3, -0.25) is 24.5 Å². The van der Waals surface area contributed by atoms with Crippen molar-refractivity contribution < 1.29 is 47.4 Å². The Morgan fingerprint density at radius 2 is 0.519 bits per heavy atom. The summed E-state index contributed by atoms with van der Waals surface area (Å²) in [7, 11) is 11.3. The number of nitrogens with zero attached hydrogens (tertiary/aromatic N) is 5. The van der Waals surface area contributed by atoms with E-state index >= 15 is 0 Å². The maximum absolute atomic E-state index is 6.14. The summed E-state index contributed by atoms with van der Waals surface area (Å²) in [4.78, 5) is 13.0. The van der Waals surface area contributed by atoms with Crippen molar-refractivity contribution >= 4 is 95.9 Å². The highest BCUT2D eigenvalue weighted by Crippen LogP contribution is 2.37. The predicted molar refractivity (Wildman–Crippen MR) is 553 cm³/mol. The van der Waals surface area contributed by atoms with Crippen LogP contribution in [-0.4, -0.2) is 159 Å². The molecule has 0 spiro atoms. The van der Waals surface area contributed by atoms with E-state index in [0.29, 0.717) is 42.9 Å². The summed E-state index contributed by atoms with van der Waals surface area (Å²) in [6, 6.07) is 74.4. The van der Waals surface area contributed by atoms with E-state index < -0.39 is 0 Å². The molecule has 0 amide bonds. The van der Waals surface area contributed by atoms with E-state index in [9.17, 15) is 0 Å². The Hall–Kier alpha value is -7.05. The summed E-state index contributed by atoms with van der Waals surface area (Å²) < 4.78 is 55.0. The molecule has 15 nitrogen and oxygen atoms in total. The number of ether oxygens (including phenoxy) is 10. The van der Waals surface area contributed by atoms with Crippen molar-refractivity contribution in [2.45, 2.75) is 190 Å². The molecular weight excluding hydrogens is 1690 g/mol. The van der Waals surface area contributed by atoms with Crippen molar-refractivity contribution in [2.24, 2.45) is 0 Å². The molecule has 129 heavy (non-hydrogen) atoms. The molecule has 10 aromatic rings. The van der Waals surface area contributed by atoms with Crippen LogP contribution in [-0.2, 0) is 61.8 Å². The van der Waals surface area contributed by atoms with E-state index in [0.717, 1.165) is 67.0 Å². The number of likely N-dealkylation sites (tertiary alicyclic amines) is 5. The van der Waals surface area contributed by atoms with Gasteiger partial charge in [0, 0.05) is 100 Å². The summed E-state index contributed by atoms with van der Waals surface area (Å²) in [6.07, 6.45) is 20.2. The molecule has 0 aliphatic carbocycles. The number of piperidine rings is 5. The van der Waals surface area contributed by atoms with Gasteiger partial charge in [-0.25, -0.2) is 0 Å². The van der Waals surface area contributed by atoms with Crippen LogP contribution in [0.1, 0.15) is 178 Å². The molecule has 5 heterocycles. The summed E-state index contributed by atoms with van der Waals surface area (Å²) in [5.74, 6) is 4.79. The highest BCUT2D eigenvalue weighted by molar-refractivity contribution is 7.57. The average Bonchev–Trinajstić information content (AvgIpc) is 0.790. The lowest BCUT2D eigenvalue weighted by molar-refractivity contribution is 0.0505. The Labute approximate surface area is 783 Å². The second-order valence-electron chi connectivity index (χ2n) is 35.7. The molecule has 0 bridgehead atoms. The molecular formula is C109H148N5O10P5. The Morgan fingerprint density at radius 3 is 0.891 bits per heavy atom. The van der Waals surface area contributed by atoms with Crippen LogP contribution in [0.25, 0.3) is 0 Å². The van der Waals surface area contributed by atoms with Gasteiger partial charge in [-0.1, -0.05) is 277 Å². The normalized spacial score (nSPS) is 15.8. The molecule has 5 unspecified atom stereocenters. The second kappa shape index (κ2) is 56.2. The van der Waals surface area contributed by atoms with Crippen LogP contribution in [0.4, 0.5) is 0 Å². The molecule has 15 rings (SSSR count). The van der Waals surface area contributed by atoms with E-state index in [1.54, 1.807) is 35.5 Å². The van der Waals surface area contributed by atoms with Crippen molar-refractivity contribution in [3.05, 3.63) is 267 Å². The number of para-hydroxylation sites is 2. The van der Waals surface area contributed by atoms with Crippen LogP contribution in [0, 0.1) is 34.6 Å². The zero-order valence-electron chi connectivity index (χ0n) is 79.7. The monoisotopic (exact) mass is 1840 g/mol. The van der Waals surface area contributed by atoms with Crippen molar-refractivity contribution in [1.82, 2.24) is 24.5 Å². The van der Waals surface area contributed by atoms with E-state index in [1.165, 1.54) is 270 Å². The van der Waals surface area contributed by atoms with Gasteiger partial charge in [0.25, 0.3) is 0 Å². The van der Waals surface area contributed by atoms with Gasteiger partial charge in [-0.2, -0.15) is 0 Å². The topological polar surface area (TPSA) is 109 Å². The smallest absolute Gasteiger partial charge is 0.188 e. The zero-order chi connectivity index (χ0) is 90.8. The first kappa shape index (κ1) is 102. The van der Waals surface area contributed by atoms with Gasteiger partial charge in [-0.15, -0.1) is 0 Å². The summed E-state index contributed by atoms with van der Waals surface area (Å²) in [5, 5.41) is 13.4. The van der Waals surface area contributed by atoms with Crippen LogP contribution in [0.3, 0.4) is 0 Å². The van der Waals surface area contributed by atoms with Crippen molar-refractivity contribution in [1.29, 1.82) is 0 Å². The third-order valence-corrected chi connectivity index (χ3v) is 31.0. The molecule has 0 radical (unpaired) electrons.